The summed E-state index contributed by atoms with van der Waals surface area (Å²) < 4.78 is 45.5. The van der Waals surface area contributed by atoms with E-state index in [0.717, 1.165) is 25.0 Å². The summed E-state index contributed by atoms with van der Waals surface area (Å²) in [7, 11) is -3.85. The summed E-state index contributed by atoms with van der Waals surface area (Å²) >= 11 is 0. The summed E-state index contributed by atoms with van der Waals surface area (Å²) in [5, 5.41) is 9.28. The Balaban J connectivity index is 2.32. The van der Waals surface area contributed by atoms with Gasteiger partial charge in [-0.25, -0.2) is 12.8 Å². The first-order valence-electron chi connectivity index (χ1n) is 7.00. The third-order valence-corrected chi connectivity index (χ3v) is 5.62. The third kappa shape index (κ3) is 3.60. The van der Waals surface area contributed by atoms with Gasteiger partial charge in [-0.15, -0.1) is 0 Å². The minimum Gasteiger partial charge on any atom is -0.392 e. The van der Waals surface area contributed by atoms with E-state index in [2.05, 4.69) is 0 Å². The van der Waals surface area contributed by atoms with Gasteiger partial charge in [0.1, 0.15) is 5.82 Å². The van der Waals surface area contributed by atoms with Gasteiger partial charge < -0.3 is 9.84 Å². The molecule has 1 aromatic carbocycles. The molecule has 118 valence electrons. The summed E-state index contributed by atoms with van der Waals surface area (Å²) in [6.07, 6.45) is 1.62. The molecule has 0 aliphatic carbocycles. The fraction of sp³-hybridized carbons (Fsp3) is 0.571. The molecule has 1 atom stereocenters. The molecule has 1 aliphatic heterocycles. The summed E-state index contributed by atoms with van der Waals surface area (Å²) in [5.41, 5.74) is 0.196. The van der Waals surface area contributed by atoms with Gasteiger partial charge in [0.25, 0.3) is 0 Å². The lowest BCUT2D eigenvalue weighted by atomic mass is 10.2. The lowest BCUT2D eigenvalue weighted by molar-refractivity contribution is 0.0946. The second-order valence-electron chi connectivity index (χ2n) is 5.00. The summed E-state index contributed by atoms with van der Waals surface area (Å²) in [4.78, 5) is -0.176. The van der Waals surface area contributed by atoms with Crippen LogP contribution >= 0.6 is 0 Å². The second kappa shape index (κ2) is 6.83. The highest BCUT2D eigenvalue weighted by atomic mass is 32.2. The van der Waals surface area contributed by atoms with Crippen LogP contribution in [0.2, 0.25) is 0 Å². The van der Waals surface area contributed by atoms with E-state index < -0.39 is 22.4 Å². The largest absolute Gasteiger partial charge is 0.392 e. The first-order valence-corrected chi connectivity index (χ1v) is 8.44. The average Bonchev–Trinajstić information content (AvgIpc) is 2.97. The molecule has 1 aliphatic rings. The molecule has 0 aromatic heterocycles. The van der Waals surface area contributed by atoms with Crippen molar-refractivity contribution in [1.29, 1.82) is 0 Å². The molecule has 5 nitrogen and oxygen atoms in total. The van der Waals surface area contributed by atoms with Crippen molar-refractivity contribution in [2.24, 2.45) is 0 Å². The Hall–Kier alpha value is -1.02. The van der Waals surface area contributed by atoms with Crippen LogP contribution in [0.25, 0.3) is 0 Å². The Morgan fingerprint density at radius 3 is 2.81 bits per heavy atom. The third-order valence-electron chi connectivity index (χ3n) is 3.60. The molecule has 1 saturated heterocycles. The van der Waals surface area contributed by atoms with Crippen molar-refractivity contribution in [1.82, 2.24) is 4.31 Å². The molecule has 7 heteroatoms. The van der Waals surface area contributed by atoms with E-state index in [-0.39, 0.29) is 29.7 Å². The van der Waals surface area contributed by atoms with Crippen LogP contribution in [0.15, 0.2) is 23.1 Å². The molecule has 1 heterocycles. The number of benzene rings is 1. The summed E-state index contributed by atoms with van der Waals surface area (Å²) in [5.74, 6) is -0.640. The molecule has 1 N–H and O–H groups in total. The van der Waals surface area contributed by atoms with Crippen molar-refractivity contribution in [2.45, 2.75) is 37.4 Å². The van der Waals surface area contributed by atoms with E-state index in [4.69, 9.17) is 4.74 Å². The van der Waals surface area contributed by atoms with E-state index in [1.807, 2.05) is 0 Å². The maximum Gasteiger partial charge on any atom is 0.243 e. The van der Waals surface area contributed by atoms with Gasteiger partial charge in [-0.2, -0.15) is 4.31 Å². The molecule has 21 heavy (non-hydrogen) atoms. The number of likely N-dealkylation sites (N-methyl/N-ethyl adjacent to an activating group) is 1. The average molecular weight is 317 g/mol. The van der Waals surface area contributed by atoms with Crippen LogP contribution in [-0.4, -0.2) is 43.6 Å². The Morgan fingerprint density at radius 1 is 1.48 bits per heavy atom. The van der Waals surface area contributed by atoms with E-state index in [9.17, 15) is 17.9 Å². The minimum atomic E-state index is -3.85. The van der Waals surface area contributed by atoms with Gasteiger partial charge in [0.2, 0.25) is 10.0 Å². The number of aliphatic hydroxyl groups excluding tert-OH is 1. The molecular formula is C14H20FNO4S. The SMILES string of the molecule is CCN(CC1CCCO1)S(=O)(=O)c1cc(F)ccc1CO. The van der Waals surface area contributed by atoms with Crippen molar-refractivity contribution < 1.29 is 22.7 Å². The van der Waals surface area contributed by atoms with Gasteiger partial charge in [-0.3, -0.25) is 0 Å². The van der Waals surface area contributed by atoms with Gasteiger partial charge in [-0.05, 0) is 30.5 Å². The molecule has 0 bridgehead atoms. The molecule has 2 rings (SSSR count). The van der Waals surface area contributed by atoms with Crippen LogP contribution < -0.4 is 0 Å². The monoisotopic (exact) mass is 317 g/mol. The Kier molecular flexibility index (Phi) is 5.32. The highest BCUT2D eigenvalue weighted by Gasteiger charge is 2.29. The number of hydrogen-bond acceptors (Lipinski definition) is 4. The second-order valence-corrected chi connectivity index (χ2v) is 6.91. The number of ether oxygens (including phenoxy) is 1. The van der Waals surface area contributed by atoms with Crippen molar-refractivity contribution in [3.8, 4) is 0 Å². The van der Waals surface area contributed by atoms with E-state index in [1.165, 1.54) is 10.4 Å². The fourth-order valence-electron chi connectivity index (χ4n) is 2.45. The molecule has 1 unspecified atom stereocenters. The van der Waals surface area contributed by atoms with Crippen molar-refractivity contribution in [2.75, 3.05) is 19.7 Å². The molecule has 0 spiro atoms. The van der Waals surface area contributed by atoms with Gasteiger partial charge in [-0.1, -0.05) is 13.0 Å². The smallest absolute Gasteiger partial charge is 0.243 e. The number of sulfonamides is 1. The number of hydrogen-bond donors (Lipinski definition) is 1. The quantitative estimate of drug-likeness (QED) is 0.863. The van der Waals surface area contributed by atoms with Crippen LogP contribution in [0.1, 0.15) is 25.3 Å². The Bertz CT molecular complexity index is 585. The Morgan fingerprint density at radius 2 is 2.24 bits per heavy atom. The highest BCUT2D eigenvalue weighted by Crippen LogP contribution is 2.23. The first kappa shape index (κ1) is 16.4. The lowest BCUT2D eigenvalue weighted by Crippen LogP contribution is -2.37. The lowest BCUT2D eigenvalue weighted by Gasteiger charge is -2.24. The number of nitrogens with zero attached hydrogens (tertiary/aromatic N) is 1. The van der Waals surface area contributed by atoms with Gasteiger partial charge >= 0.3 is 0 Å². The van der Waals surface area contributed by atoms with E-state index in [0.29, 0.717) is 6.61 Å². The van der Waals surface area contributed by atoms with Crippen LogP contribution in [-0.2, 0) is 21.4 Å². The van der Waals surface area contributed by atoms with E-state index in [1.54, 1.807) is 6.92 Å². The zero-order chi connectivity index (χ0) is 15.5. The van der Waals surface area contributed by atoms with Crippen molar-refractivity contribution in [3.63, 3.8) is 0 Å². The zero-order valence-corrected chi connectivity index (χ0v) is 12.8. The minimum absolute atomic E-state index is 0.120. The number of aliphatic hydroxyl groups is 1. The standard InChI is InChI=1S/C14H20FNO4S/c1-2-16(9-13-4-3-7-20-13)21(18,19)14-8-12(15)6-5-11(14)10-17/h5-6,8,13,17H,2-4,7,9-10H2,1H3. The zero-order valence-electron chi connectivity index (χ0n) is 12.0. The molecule has 0 saturated carbocycles. The van der Waals surface area contributed by atoms with E-state index >= 15 is 0 Å². The molecule has 1 fully saturated rings. The van der Waals surface area contributed by atoms with Gasteiger partial charge in [0, 0.05) is 19.7 Å². The van der Waals surface area contributed by atoms with Gasteiger partial charge in [0.15, 0.2) is 0 Å². The topological polar surface area (TPSA) is 66.8 Å². The molecular weight excluding hydrogens is 297 g/mol. The Labute approximate surface area is 124 Å². The van der Waals surface area contributed by atoms with Crippen molar-refractivity contribution in [3.05, 3.63) is 29.6 Å². The van der Waals surface area contributed by atoms with Gasteiger partial charge in [0.05, 0.1) is 17.6 Å². The maximum absolute atomic E-state index is 13.4. The highest BCUT2D eigenvalue weighted by molar-refractivity contribution is 7.89. The molecule has 0 radical (unpaired) electrons. The summed E-state index contributed by atoms with van der Waals surface area (Å²) in [6, 6.07) is 3.39. The fourth-order valence-corrected chi connectivity index (χ4v) is 4.16. The number of halogens is 1. The molecule has 1 aromatic rings. The van der Waals surface area contributed by atoms with Crippen molar-refractivity contribution >= 4 is 10.0 Å². The van der Waals surface area contributed by atoms with Crippen LogP contribution in [0, 0.1) is 5.82 Å². The maximum atomic E-state index is 13.4. The van der Waals surface area contributed by atoms with Crippen LogP contribution in [0.3, 0.4) is 0 Å². The van der Waals surface area contributed by atoms with Crippen LogP contribution in [0.4, 0.5) is 4.39 Å². The first-order chi connectivity index (χ1) is 9.98. The number of rotatable bonds is 6. The predicted molar refractivity (Wildman–Crippen MR) is 75.7 cm³/mol. The molecule has 0 amide bonds. The summed E-state index contributed by atoms with van der Waals surface area (Å²) in [6.45, 7) is 2.44. The normalized spacial score (nSPS) is 19.3. The van der Waals surface area contributed by atoms with Crippen LogP contribution in [0.5, 0.6) is 0 Å². The predicted octanol–water partition coefficient (Wildman–Crippen LogP) is 1.51.